The summed E-state index contributed by atoms with van der Waals surface area (Å²) in [4.78, 5) is 6.88. The van der Waals surface area contributed by atoms with E-state index in [4.69, 9.17) is 10.7 Å². The fraction of sp³-hybridized carbons (Fsp3) is 0.500. The minimum atomic E-state index is 0.271. The predicted octanol–water partition coefficient (Wildman–Crippen LogP) is 1.93. The molecule has 18 heavy (non-hydrogen) atoms. The minimum absolute atomic E-state index is 0.271. The molecule has 1 atom stereocenters. The van der Waals surface area contributed by atoms with Crippen molar-refractivity contribution in [3.63, 3.8) is 0 Å². The summed E-state index contributed by atoms with van der Waals surface area (Å²) >= 11 is 0. The summed E-state index contributed by atoms with van der Waals surface area (Å²) in [5.41, 5.74) is 9.30. The van der Waals surface area contributed by atoms with Crippen LogP contribution in [0, 0.1) is 6.92 Å². The quantitative estimate of drug-likeness (QED) is 0.896. The molecule has 0 bridgehead atoms. The Balaban J connectivity index is 2.60. The smallest absolute Gasteiger partial charge is 0.124 e. The van der Waals surface area contributed by atoms with Crippen molar-refractivity contribution >= 4 is 11.0 Å². The van der Waals surface area contributed by atoms with Gasteiger partial charge in [-0.05, 0) is 45.6 Å². The molecule has 0 aliphatic carbocycles. The highest BCUT2D eigenvalue weighted by Gasteiger charge is 2.15. The zero-order valence-corrected chi connectivity index (χ0v) is 11.6. The Bertz CT molecular complexity index is 542. The molecule has 4 heteroatoms. The van der Waals surface area contributed by atoms with Gasteiger partial charge in [0.05, 0.1) is 17.6 Å². The topological polar surface area (TPSA) is 47.1 Å². The summed E-state index contributed by atoms with van der Waals surface area (Å²) in [6.45, 7) is 5.69. The molecule has 0 aliphatic rings. The first-order valence-corrected chi connectivity index (χ1v) is 6.35. The second-order valence-electron chi connectivity index (χ2n) is 5.21. The van der Waals surface area contributed by atoms with Gasteiger partial charge in [0.2, 0.25) is 0 Å². The van der Waals surface area contributed by atoms with Crippen molar-refractivity contribution < 1.29 is 0 Å². The fourth-order valence-corrected chi connectivity index (χ4v) is 2.25. The molecule has 1 aromatic heterocycles. The van der Waals surface area contributed by atoms with Crippen LogP contribution in [-0.4, -0.2) is 35.1 Å². The Hall–Kier alpha value is -1.39. The van der Waals surface area contributed by atoms with Crippen LogP contribution >= 0.6 is 0 Å². The van der Waals surface area contributed by atoms with Crippen LogP contribution in [0.5, 0.6) is 0 Å². The van der Waals surface area contributed by atoms with Gasteiger partial charge in [0.15, 0.2) is 0 Å². The lowest BCUT2D eigenvalue weighted by atomic mass is 10.2. The Morgan fingerprint density at radius 3 is 2.72 bits per heavy atom. The minimum Gasteiger partial charge on any atom is -0.328 e. The van der Waals surface area contributed by atoms with Crippen molar-refractivity contribution in [3.8, 4) is 0 Å². The average molecular weight is 246 g/mol. The SMILES string of the molecule is Cc1ccc2c(c1)nc(CN(C)C)n2C(C)CN. The number of benzene rings is 1. The van der Waals surface area contributed by atoms with Gasteiger partial charge in [-0.3, -0.25) is 0 Å². The van der Waals surface area contributed by atoms with Gasteiger partial charge in [-0.2, -0.15) is 0 Å². The van der Waals surface area contributed by atoms with Crippen molar-refractivity contribution in [2.75, 3.05) is 20.6 Å². The summed E-state index contributed by atoms with van der Waals surface area (Å²) in [7, 11) is 4.12. The van der Waals surface area contributed by atoms with E-state index in [-0.39, 0.29) is 6.04 Å². The number of nitrogens with zero attached hydrogens (tertiary/aromatic N) is 3. The van der Waals surface area contributed by atoms with Crippen LogP contribution in [0.25, 0.3) is 11.0 Å². The van der Waals surface area contributed by atoms with Gasteiger partial charge in [0, 0.05) is 12.6 Å². The van der Waals surface area contributed by atoms with Gasteiger partial charge in [0.25, 0.3) is 0 Å². The summed E-state index contributed by atoms with van der Waals surface area (Å²) in [6, 6.07) is 6.67. The molecular weight excluding hydrogens is 224 g/mol. The molecular formula is C14H22N4. The second-order valence-corrected chi connectivity index (χ2v) is 5.21. The van der Waals surface area contributed by atoms with Crippen LogP contribution in [0.3, 0.4) is 0 Å². The van der Waals surface area contributed by atoms with E-state index in [2.05, 4.69) is 55.6 Å². The molecule has 0 amide bonds. The van der Waals surface area contributed by atoms with Gasteiger partial charge in [-0.25, -0.2) is 4.98 Å². The van der Waals surface area contributed by atoms with Crippen LogP contribution in [0.4, 0.5) is 0 Å². The molecule has 0 fully saturated rings. The third-order valence-corrected chi connectivity index (χ3v) is 3.16. The van der Waals surface area contributed by atoms with E-state index in [0.717, 1.165) is 17.9 Å². The van der Waals surface area contributed by atoms with Crippen molar-refractivity contribution in [2.24, 2.45) is 5.73 Å². The standard InChI is InChI=1S/C14H22N4/c1-10-5-6-13-12(7-10)16-14(9-17(3)4)18(13)11(2)8-15/h5-7,11H,8-9,15H2,1-4H3. The zero-order chi connectivity index (χ0) is 13.3. The highest BCUT2D eigenvalue weighted by Crippen LogP contribution is 2.22. The van der Waals surface area contributed by atoms with E-state index >= 15 is 0 Å². The van der Waals surface area contributed by atoms with Crippen LogP contribution in [0.15, 0.2) is 18.2 Å². The zero-order valence-electron chi connectivity index (χ0n) is 11.6. The monoisotopic (exact) mass is 246 g/mol. The summed E-state index contributed by atoms with van der Waals surface area (Å²) < 4.78 is 2.26. The molecule has 0 aliphatic heterocycles. The first kappa shape index (κ1) is 13.1. The Morgan fingerprint density at radius 2 is 2.11 bits per heavy atom. The molecule has 2 N–H and O–H groups in total. The highest BCUT2D eigenvalue weighted by atomic mass is 15.2. The Kier molecular flexibility index (Phi) is 3.68. The number of aryl methyl sites for hydroxylation is 1. The van der Waals surface area contributed by atoms with E-state index in [1.165, 1.54) is 11.1 Å². The number of rotatable bonds is 4. The molecule has 2 aromatic rings. The lowest BCUT2D eigenvalue weighted by molar-refractivity contribution is 0.374. The number of imidazole rings is 1. The van der Waals surface area contributed by atoms with Crippen molar-refractivity contribution in [2.45, 2.75) is 26.4 Å². The molecule has 0 saturated heterocycles. The summed E-state index contributed by atoms with van der Waals surface area (Å²) in [5.74, 6) is 1.08. The molecule has 1 heterocycles. The molecule has 1 unspecified atom stereocenters. The molecule has 2 rings (SSSR count). The Labute approximate surface area is 108 Å². The third kappa shape index (κ3) is 2.40. The van der Waals surface area contributed by atoms with E-state index < -0.39 is 0 Å². The highest BCUT2D eigenvalue weighted by molar-refractivity contribution is 5.77. The maximum Gasteiger partial charge on any atom is 0.124 e. The summed E-state index contributed by atoms with van der Waals surface area (Å²) in [5, 5.41) is 0. The third-order valence-electron chi connectivity index (χ3n) is 3.16. The number of fused-ring (bicyclic) bond motifs is 1. The van der Waals surface area contributed by atoms with Crippen LogP contribution < -0.4 is 5.73 Å². The molecule has 0 spiro atoms. The number of nitrogens with two attached hydrogens (primary N) is 1. The maximum atomic E-state index is 5.82. The Morgan fingerprint density at radius 1 is 1.39 bits per heavy atom. The van der Waals surface area contributed by atoms with E-state index in [1.54, 1.807) is 0 Å². The fourth-order valence-electron chi connectivity index (χ4n) is 2.25. The normalized spacial score (nSPS) is 13.4. The van der Waals surface area contributed by atoms with Gasteiger partial charge < -0.3 is 15.2 Å². The number of hydrogen-bond donors (Lipinski definition) is 1. The van der Waals surface area contributed by atoms with Crippen molar-refractivity contribution in [1.29, 1.82) is 0 Å². The first-order chi connectivity index (χ1) is 8.52. The maximum absolute atomic E-state index is 5.82. The average Bonchev–Trinajstić information content (AvgIpc) is 2.64. The molecule has 0 radical (unpaired) electrons. The number of aromatic nitrogens is 2. The van der Waals surface area contributed by atoms with Crippen molar-refractivity contribution in [1.82, 2.24) is 14.5 Å². The van der Waals surface area contributed by atoms with Gasteiger partial charge in [-0.15, -0.1) is 0 Å². The van der Waals surface area contributed by atoms with Gasteiger partial charge >= 0.3 is 0 Å². The predicted molar refractivity (Wildman–Crippen MR) is 75.6 cm³/mol. The largest absolute Gasteiger partial charge is 0.328 e. The van der Waals surface area contributed by atoms with Gasteiger partial charge in [0.1, 0.15) is 5.82 Å². The van der Waals surface area contributed by atoms with Crippen molar-refractivity contribution in [3.05, 3.63) is 29.6 Å². The number of hydrogen-bond acceptors (Lipinski definition) is 3. The first-order valence-electron chi connectivity index (χ1n) is 6.35. The van der Waals surface area contributed by atoms with Gasteiger partial charge in [-0.1, -0.05) is 6.07 Å². The summed E-state index contributed by atoms with van der Waals surface area (Å²) in [6.07, 6.45) is 0. The van der Waals surface area contributed by atoms with Crippen LogP contribution in [0.1, 0.15) is 24.4 Å². The lowest BCUT2D eigenvalue weighted by Gasteiger charge is -2.17. The molecule has 1 aromatic carbocycles. The van der Waals surface area contributed by atoms with E-state index in [1.807, 2.05) is 0 Å². The molecule has 4 nitrogen and oxygen atoms in total. The van der Waals surface area contributed by atoms with Crippen LogP contribution in [0.2, 0.25) is 0 Å². The molecule has 98 valence electrons. The van der Waals surface area contributed by atoms with Crippen LogP contribution in [-0.2, 0) is 6.54 Å². The second kappa shape index (κ2) is 5.08. The van der Waals surface area contributed by atoms with E-state index in [0.29, 0.717) is 6.54 Å². The lowest BCUT2D eigenvalue weighted by Crippen LogP contribution is -2.21. The molecule has 0 saturated carbocycles. The van der Waals surface area contributed by atoms with E-state index in [9.17, 15) is 0 Å².